The first-order chi connectivity index (χ1) is 8.63. The van der Waals surface area contributed by atoms with Crippen LogP contribution in [0.3, 0.4) is 0 Å². The van der Waals surface area contributed by atoms with Crippen LogP contribution < -0.4 is 10.1 Å². The molecule has 0 unspecified atom stereocenters. The predicted octanol–water partition coefficient (Wildman–Crippen LogP) is 3.00. The van der Waals surface area contributed by atoms with Crippen molar-refractivity contribution in [3.63, 3.8) is 0 Å². The van der Waals surface area contributed by atoms with Crippen LogP contribution in [-0.2, 0) is 0 Å². The van der Waals surface area contributed by atoms with Crippen LogP contribution >= 0.6 is 11.6 Å². The summed E-state index contributed by atoms with van der Waals surface area (Å²) in [7, 11) is 0. The first kappa shape index (κ1) is 14.6. The van der Waals surface area contributed by atoms with E-state index in [-0.39, 0.29) is 12.0 Å². The SMILES string of the molecule is CC(C)Oc1cccc(C(=O)NC/C=C/CCl)c1. The highest BCUT2D eigenvalue weighted by Gasteiger charge is 2.06. The van der Waals surface area contributed by atoms with Crippen LogP contribution in [0.4, 0.5) is 0 Å². The second-order valence-electron chi connectivity index (χ2n) is 4.03. The molecule has 98 valence electrons. The molecule has 0 aliphatic rings. The summed E-state index contributed by atoms with van der Waals surface area (Å²) in [4.78, 5) is 11.8. The zero-order valence-corrected chi connectivity index (χ0v) is 11.4. The maximum absolute atomic E-state index is 11.8. The smallest absolute Gasteiger partial charge is 0.251 e. The van der Waals surface area contributed by atoms with Gasteiger partial charge in [-0.1, -0.05) is 18.2 Å². The molecule has 1 aromatic rings. The number of rotatable bonds is 6. The summed E-state index contributed by atoms with van der Waals surface area (Å²) in [6.45, 7) is 4.37. The number of halogens is 1. The molecule has 3 nitrogen and oxygen atoms in total. The Hall–Kier alpha value is -1.48. The lowest BCUT2D eigenvalue weighted by Gasteiger charge is -2.10. The fourth-order valence-electron chi connectivity index (χ4n) is 1.38. The van der Waals surface area contributed by atoms with Crippen LogP contribution in [0.15, 0.2) is 36.4 Å². The Morgan fingerprint density at radius 2 is 2.22 bits per heavy atom. The maximum Gasteiger partial charge on any atom is 0.251 e. The molecule has 0 aliphatic heterocycles. The van der Waals surface area contributed by atoms with Gasteiger partial charge in [0.1, 0.15) is 5.75 Å². The molecular formula is C14H18ClNO2. The summed E-state index contributed by atoms with van der Waals surface area (Å²) in [5.74, 6) is 1.03. The molecular weight excluding hydrogens is 250 g/mol. The van der Waals surface area contributed by atoms with Gasteiger partial charge >= 0.3 is 0 Å². The van der Waals surface area contributed by atoms with Crippen LogP contribution in [0.2, 0.25) is 0 Å². The molecule has 0 atom stereocenters. The zero-order chi connectivity index (χ0) is 13.4. The van der Waals surface area contributed by atoms with Gasteiger partial charge in [-0.15, -0.1) is 11.6 Å². The molecule has 1 amide bonds. The molecule has 18 heavy (non-hydrogen) atoms. The highest BCUT2D eigenvalue weighted by molar-refractivity contribution is 6.18. The van der Waals surface area contributed by atoms with E-state index in [1.807, 2.05) is 26.0 Å². The van der Waals surface area contributed by atoms with Gasteiger partial charge in [0, 0.05) is 18.0 Å². The normalized spacial score (nSPS) is 10.9. The average molecular weight is 268 g/mol. The van der Waals surface area contributed by atoms with Crippen LogP contribution in [0.5, 0.6) is 5.75 Å². The summed E-state index contributed by atoms with van der Waals surface area (Å²) >= 11 is 5.49. The summed E-state index contributed by atoms with van der Waals surface area (Å²) in [5.41, 5.74) is 0.590. The largest absolute Gasteiger partial charge is 0.491 e. The van der Waals surface area contributed by atoms with Gasteiger partial charge in [-0.05, 0) is 32.0 Å². The van der Waals surface area contributed by atoms with Crippen molar-refractivity contribution in [1.29, 1.82) is 0 Å². The van der Waals surface area contributed by atoms with Gasteiger partial charge in [0.25, 0.3) is 5.91 Å². The maximum atomic E-state index is 11.8. The number of alkyl halides is 1. The van der Waals surface area contributed by atoms with Crippen molar-refractivity contribution >= 4 is 17.5 Å². The van der Waals surface area contributed by atoms with E-state index in [0.29, 0.717) is 23.7 Å². The van der Waals surface area contributed by atoms with Gasteiger partial charge in [0.05, 0.1) is 6.10 Å². The van der Waals surface area contributed by atoms with Crippen molar-refractivity contribution in [2.45, 2.75) is 20.0 Å². The van der Waals surface area contributed by atoms with E-state index in [2.05, 4.69) is 5.32 Å². The van der Waals surface area contributed by atoms with E-state index >= 15 is 0 Å². The minimum Gasteiger partial charge on any atom is -0.491 e. The van der Waals surface area contributed by atoms with E-state index < -0.39 is 0 Å². The number of hydrogen-bond acceptors (Lipinski definition) is 2. The zero-order valence-electron chi connectivity index (χ0n) is 10.7. The predicted molar refractivity (Wildman–Crippen MR) is 74.4 cm³/mol. The molecule has 0 heterocycles. The molecule has 0 bridgehead atoms. The Labute approximate surface area is 113 Å². The number of hydrogen-bond donors (Lipinski definition) is 1. The molecule has 0 aromatic heterocycles. The number of allylic oxidation sites excluding steroid dienone is 1. The Kier molecular flexibility index (Phi) is 6.29. The van der Waals surface area contributed by atoms with Crippen molar-refractivity contribution in [1.82, 2.24) is 5.32 Å². The van der Waals surface area contributed by atoms with Gasteiger partial charge in [-0.25, -0.2) is 0 Å². The fraction of sp³-hybridized carbons (Fsp3) is 0.357. The molecule has 1 aromatic carbocycles. The quantitative estimate of drug-likeness (QED) is 0.636. The Balaban J connectivity index is 2.59. The van der Waals surface area contributed by atoms with Crippen molar-refractivity contribution in [3.05, 3.63) is 42.0 Å². The summed E-state index contributed by atoms with van der Waals surface area (Å²) in [6.07, 6.45) is 3.70. The topological polar surface area (TPSA) is 38.3 Å². The Morgan fingerprint density at radius 1 is 1.44 bits per heavy atom. The first-order valence-corrected chi connectivity index (χ1v) is 6.43. The average Bonchev–Trinajstić information content (AvgIpc) is 2.34. The molecule has 1 N–H and O–H groups in total. The molecule has 1 rings (SSSR count). The molecule has 0 spiro atoms. The van der Waals surface area contributed by atoms with Crippen LogP contribution in [0, 0.1) is 0 Å². The van der Waals surface area contributed by atoms with Crippen LogP contribution in [0.1, 0.15) is 24.2 Å². The number of amides is 1. The third-order valence-electron chi connectivity index (χ3n) is 2.10. The van der Waals surface area contributed by atoms with E-state index in [0.717, 1.165) is 0 Å². The fourth-order valence-corrected chi connectivity index (χ4v) is 1.51. The van der Waals surface area contributed by atoms with Gasteiger partial charge in [-0.3, -0.25) is 4.79 Å². The Bertz CT molecular complexity index is 416. The second-order valence-corrected chi connectivity index (χ2v) is 4.34. The van der Waals surface area contributed by atoms with Crippen molar-refractivity contribution in [2.75, 3.05) is 12.4 Å². The lowest BCUT2D eigenvalue weighted by Crippen LogP contribution is -2.23. The van der Waals surface area contributed by atoms with Gasteiger partial charge in [0.15, 0.2) is 0 Å². The Morgan fingerprint density at radius 3 is 2.89 bits per heavy atom. The summed E-state index contributed by atoms with van der Waals surface area (Å²) in [5, 5.41) is 2.77. The van der Waals surface area contributed by atoms with E-state index in [4.69, 9.17) is 16.3 Å². The molecule has 0 aliphatic carbocycles. The van der Waals surface area contributed by atoms with E-state index in [1.54, 1.807) is 24.3 Å². The minimum atomic E-state index is -0.122. The molecule has 0 radical (unpaired) electrons. The van der Waals surface area contributed by atoms with Crippen molar-refractivity contribution in [3.8, 4) is 5.75 Å². The van der Waals surface area contributed by atoms with E-state index in [9.17, 15) is 4.79 Å². The summed E-state index contributed by atoms with van der Waals surface area (Å²) < 4.78 is 5.54. The number of nitrogens with one attached hydrogen (secondary N) is 1. The highest BCUT2D eigenvalue weighted by Crippen LogP contribution is 2.14. The number of ether oxygens (including phenoxy) is 1. The van der Waals surface area contributed by atoms with Crippen LogP contribution in [0.25, 0.3) is 0 Å². The van der Waals surface area contributed by atoms with Crippen LogP contribution in [-0.4, -0.2) is 24.4 Å². The summed E-state index contributed by atoms with van der Waals surface area (Å²) in [6, 6.07) is 7.14. The molecule has 0 saturated carbocycles. The second kappa shape index (κ2) is 7.77. The van der Waals surface area contributed by atoms with Gasteiger partial charge < -0.3 is 10.1 Å². The van der Waals surface area contributed by atoms with E-state index in [1.165, 1.54) is 0 Å². The monoisotopic (exact) mass is 267 g/mol. The highest BCUT2D eigenvalue weighted by atomic mass is 35.5. The van der Waals surface area contributed by atoms with Gasteiger partial charge in [-0.2, -0.15) is 0 Å². The van der Waals surface area contributed by atoms with Gasteiger partial charge in [0.2, 0.25) is 0 Å². The lowest BCUT2D eigenvalue weighted by molar-refractivity contribution is 0.0957. The van der Waals surface area contributed by atoms with Crippen molar-refractivity contribution < 1.29 is 9.53 Å². The molecule has 0 fully saturated rings. The number of carbonyl (C=O) groups is 1. The first-order valence-electron chi connectivity index (χ1n) is 5.89. The third kappa shape index (κ3) is 5.23. The third-order valence-corrected chi connectivity index (χ3v) is 2.28. The number of benzene rings is 1. The lowest BCUT2D eigenvalue weighted by atomic mass is 10.2. The number of carbonyl (C=O) groups excluding carboxylic acids is 1. The molecule has 0 saturated heterocycles. The minimum absolute atomic E-state index is 0.0926. The standard InChI is InChI=1S/C14H18ClNO2/c1-11(2)18-13-7-5-6-12(10-13)14(17)16-9-4-3-8-15/h3-7,10-11H,8-9H2,1-2H3,(H,16,17)/b4-3+. The van der Waals surface area contributed by atoms with Crippen molar-refractivity contribution in [2.24, 2.45) is 0 Å². The molecule has 4 heteroatoms.